The zero-order valence-electron chi connectivity index (χ0n) is 12.9. The van der Waals surface area contributed by atoms with E-state index >= 15 is 0 Å². The van der Waals surface area contributed by atoms with Crippen LogP contribution in [-0.4, -0.2) is 41.6 Å². The molecule has 0 saturated carbocycles. The normalized spacial score (nSPS) is 10.2. The highest BCUT2D eigenvalue weighted by Crippen LogP contribution is 2.20. The Hall–Kier alpha value is -2.04. The third-order valence-electron chi connectivity index (χ3n) is 3.34. The second kappa shape index (κ2) is 8.29. The number of aromatic carboxylic acids is 1. The van der Waals surface area contributed by atoms with Crippen molar-refractivity contribution in [1.29, 1.82) is 0 Å². The molecule has 0 spiro atoms. The fraction of sp³-hybridized carbons (Fsp3) is 0.500. The molecule has 5 heteroatoms. The number of amides is 1. The van der Waals surface area contributed by atoms with Crippen molar-refractivity contribution >= 4 is 11.9 Å². The van der Waals surface area contributed by atoms with E-state index in [1.807, 2.05) is 20.8 Å². The van der Waals surface area contributed by atoms with Gasteiger partial charge in [0, 0.05) is 19.5 Å². The van der Waals surface area contributed by atoms with Gasteiger partial charge in [-0.1, -0.05) is 6.07 Å². The summed E-state index contributed by atoms with van der Waals surface area (Å²) in [4.78, 5) is 24.5. The molecule has 0 bridgehead atoms. The maximum atomic E-state index is 11.8. The van der Waals surface area contributed by atoms with Crippen LogP contribution in [0.2, 0.25) is 0 Å². The summed E-state index contributed by atoms with van der Waals surface area (Å²) in [5.41, 5.74) is 1.09. The van der Waals surface area contributed by atoms with Gasteiger partial charge in [-0.25, -0.2) is 4.79 Å². The lowest BCUT2D eigenvalue weighted by molar-refractivity contribution is -0.131. The van der Waals surface area contributed by atoms with Gasteiger partial charge in [0.1, 0.15) is 5.75 Å². The summed E-state index contributed by atoms with van der Waals surface area (Å²) in [6.07, 6.45) is 1.06. The fourth-order valence-corrected chi connectivity index (χ4v) is 2.03. The van der Waals surface area contributed by atoms with Crippen LogP contribution in [0.25, 0.3) is 0 Å². The minimum Gasteiger partial charge on any atom is -0.493 e. The van der Waals surface area contributed by atoms with E-state index in [0.29, 0.717) is 25.2 Å². The second-order valence-electron chi connectivity index (χ2n) is 4.80. The summed E-state index contributed by atoms with van der Waals surface area (Å²) in [5.74, 6) is -0.290. The van der Waals surface area contributed by atoms with Crippen LogP contribution in [0.3, 0.4) is 0 Å². The van der Waals surface area contributed by atoms with Gasteiger partial charge in [-0.15, -0.1) is 0 Å². The summed E-state index contributed by atoms with van der Waals surface area (Å²) in [5, 5.41) is 8.95. The second-order valence-corrected chi connectivity index (χ2v) is 4.80. The van der Waals surface area contributed by atoms with E-state index in [4.69, 9.17) is 9.84 Å². The maximum Gasteiger partial charge on any atom is 0.335 e. The lowest BCUT2D eigenvalue weighted by Gasteiger charge is -2.18. The van der Waals surface area contributed by atoms with Crippen molar-refractivity contribution in [2.75, 3.05) is 19.7 Å². The Morgan fingerprint density at radius 3 is 2.48 bits per heavy atom. The Morgan fingerprint density at radius 1 is 1.24 bits per heavy atom. The lowest BCUT2D eigenvalue weighted by atomic mass is 10.1. The Labute approximate surface area is 125 Å². The topological polar surface area (TPSA) is 66.8 Å². The SMILES string of the molecule is CCN(CC)C(=O)CCCOc1cc(C(=O)O)ccc1C. The van der Waals surface area contributed by atoms with Gasteiger partial charge in [0.15, 0.2) is 0 Å². The summed E-state index contributed by atoms with van der Waals surface area (Å²) in [6.45, 7) is 7.61. The Kier molecular flexibility index (Phi) is 6.72. The van der Waals surface area contributed by atoms with Crippen LogP contribution in [0.4, 0.5) is 0 Å². The Balaban J connectivity index is 2.47. The summed E-state index contributed by atoms with van der Waals surface area (Å²) >= 11 is 0. The van der Waals surface area contributed by atoms with Crippen LogP contribution in [0.5, 0.6) is 5.75 Å². The van der Waals surface area contributed by atoms with Crippen molar-refractivity contribution in [3.05, 3.63) is 29.3 Å². The molecular weight excluding hydrogens is 270 g/mol. The molecule has 0 aliphatic rings. The van der Waals surface area contributed by atoms with Crippen molar-refractivity contribution in [3.63, 3.8) is 0 Å². The highest BCUT2D eigenvalue weighted by Gasteiger charge is 2.10. The number of nitrogens with zero attached hydrogens (tertiary/aromatic N) is 1. The van der Waals surface area contributed by atoms with E-state index in [9.17, 15) is 9.59 Å². The summed E-state index contributed by atoms with van der Waals surface area (Å²) in [7, 11) is 0. The maximum absolute atomic E-state index is 11.8. The third kappa shape index (κ3) is 5.10. The molecule has 0 heterocycles. The first-order valence-electron chi connectivity index (χ1n) is 7.24. The largest absolute Gasteiger partial charge is 0.493 e. The first-order valence-corrected chi connectivity index (χ1v) is 7.24. The molecule has 5 nitrogen and oxygen atoms in total. The van der Waals surface area contributed by atoms with Gasteiger partial charge in [0.25, 0.3) is 0 Å². The van der Waals surface area contributed by atoms with E-state index in [-0.39, 0.29) is 11.5 Å². The zero-order valence-corrected chi connectivity index (χ0v) is 12.9. The van der Waals surface area contributed by atoms with Crippen molar-refractivity contribution in [3.8, 4) is 5.75 Å². The number of carbonyl (C=O) groups excluding carboxylic acids is 1. The van der Waals surface area contributed by atoms with Gasteiger partial charge in [-0.2, -0.15) is 0 Å². The van der Waals surface area contributed by atoms with Crippen LogP contribution >= 0.6 is 0 Å². The van der Waals surface area contributed by atoms with E-state index in [1.165, 1.54) is 6.07 Å². The Morgan fingerprint density at radius 2 is 1.90 bits per heavy atom. The standard InChI is InChI=1S/C16H23NO4/c1-4-17(5-2)15(18)7-6-10-21-14-11-13(16(19)20)9-8-12(14)3/h8-9,11H,4-7,10H2,1-3H3,(H,19,20). The number of hydrogen-bond acceptors (Lipinski definition) is 3. The molecule has 1 N–H and O–H groups in total. The summed E-state index contributed by atoms with van der Waals surface area (Å²) < 4.78 is 5.59. The van der Waals surface area contributed by atoms with Crippen LogP contribution in [0, 0.1) is 6.92 Å². The van der Waals surface area contributed by atoms with Crippen molar-refractivity contribution in [2.45, 2.75) is 33.6 Å². The van der Waals surface area contributed by atoms with Gasteiger partial charge in [0.05, 0.1) is 12.2 Å². The number of carboxylic acids is 1. The summed E-state index contributed by atoms with van der Waals surface area (Å²) in [6, 6.07) is 4.79. The molecule has 1 aromatic rings. The number of carboxylic acid groups (broad SMARTS) is 1. The number of benzene rings is 1. The highest BCUT2D eigenvalue weighted by atomic mass is 16.5. The van der Waals surface area contributed by atoms with Crippen molar-refractivity contribution < 1.29 is 19.4 Å². The van der Waals surface area contributed by atoms with Gasteiger partial charge in [0.2, 0.25) is 5.91 Å². The number of carbonyl (C=O) groups is 2. The van der Waals surface area contributed by atoms with Crippen LogP contribution in [-0.2, 0) is 4.79 Å². The molecule has 0 radical (unpaired) electrons. The molecule has 1 rings (SSSR count). The predicted octanol–water partition coefficient (Wildman–Crippen LogP) is 2.72. The molecule has 0 fully saturated rings. The third-order valence-corrected chi connectivity index (χ3v) is 3.34. The fourth-order valence-electron chi connectivity index (χ4n) is 2.03. The molecule has 0 saturated heterocycles. The average Bonchev–Trinajstić information content (AvgIpc) is 2.46. The average molecular weight is 293 g/mol. The monoisotopic (exact) mass is 293 g/mol. The van der Waals surface area contributed by atoms with Crippen LogP contribution < -0.4 is 4.74 Å². The number of aryl methyl sites for hydroxylation is 1. The van der Waals surface area contributed by atoms with Crippen molar-refractivity contribution in [1.82, 2.24) is 4.90 Å². The molecule has 0 aromatic heterocycles. The van der Waals surface area contributed by atoms with E-state index in [0.717, 1.165) is 18.7 Å². The molecule has 0 unspecified atom stereocenters. The first-order chi connectivity index (χ1) is 9.99. The van der Waals surface area contributed by atoms with Crippen LogP contribution in [0.1, 0.15) is 42.6 Å². The van der Waals surface area contributed by atoms with Crippen molar-refractivity contribution in [2.24, 2.45) is 0 Å². The quantitative estimate of drug-likeness (QED) is 0.748. The molecule has 21 heavy (non-hydrogen) atoms. The highest BCUT2D eigenvalue weighted by molar-refractivity contribution is 5.88. The minimum atomic E-state index is -0.975. The lowest BCUT2D eigenvalue weighted by Crippen LogP contribution is -2.30. The molecular formula is C16H23NO4. The number of hydrogen-bond donors (Lipinski definition) is 1. The van der Waals surface area contributed by atoms with Gasteiger partial charge in [-0.05, 0) is 44.9 Å². The molecule has 1 amide bonds. The van der Waals surface area contributed by atoms with E-state index in [1.54, 1.807) is 17.0 Å². The minimum absolute atomic E-state index is 0.125. The Bertz CT molecular complexity index is 495. The zero-order chi connectivity index (χ0) is 15.8. The van der Waals surface area contributed by atoms with E-state index in [2.05, 4.69) is 0 Å². The van der Waals surface area contributed by atoms with Gasteiger partial charge < -0.3 is 14.7 Å². The molecule has 1 aromatic carbocycles. The number of rotatable bonds is 8. The van der Waals surface area contributed by atoms with Crippen LogP contribution in [0.15, 0.2) is 18.2 Å². The molecule has 0 aliphatic heterocycles. The smallest absolute Gasteiger partial charge is 0.335 e. The molecule has 0 aliphatic carbocycles. The van der Waals surface area contributed by atoms with Gasteiger partial charge in [-0.3, -0.25) is 4.79 Å². The van der Waals surface area contributed by atoms with E-state index < -0.39 is 5.97 Å². The molecule has 0 atom stereocenters. The predicted molar refractivity (Wildman–Crippen MR) is 80.8 cm³/mol. The molecule has 116 valence electrons. The van der Waals surface area contributed by atoms with Gasteiger partial charge >= 0.3 is 5.97 Å². The number of ether oxygens (including phenoxy) is 1. The first kappa shape index (κ1) is 17.0.